The van der Waals surface area contributed by atoms with Crippen LogP contribution in [0.2, 0.25) is 0 Å². The summed E-state index contributed by atoms with van der Waals surface area (Å²) >= 11 is 0. The predicted octanol–water partition coefficient (Wildman–Crippen LogP) is 2.68. The van der Waals surface area contributed by atoms with Crippen molar-refractivity contribution in [2.45, 2.75) is 32.7 Å². The van der Waals surface area contributed by atoms with Crippen molar-refractivity contribution in [1.82, 2.24) is 10.2 Å². The van der Waals surface area contributed by atoms with Crippen LogP contribution in [0.1, 0.15) is 30.9 Å². The summed E-state index contributed by atoms with van der Waals surface area (Å²) in [6.07, 6.45) is 4.01. The van der Waals surface area contributed by atoms with E-state index in [-0.39, 0.29) is 0 Å². The van der Waals surface area contributed by atoms with Crippen molar-refractivity contribution in [3.05, 3.63) is 35.4 Å². The molecule has 0 radical (unpaired) electrons. The Hall–Kier alpha value is -0.860. The second kappa shape index (κ2) is 6.91. The molecule has 2 rings (SSSR count). The molecule has 2 nitrogen and oxygen atoms in total. The zero-order chi connectivity index (χ0) is 12.8. The van der Waals surface area contributed by atoms with E-state index in [0.29, 0.717) is 0 Å². The highest BCUT2D eigenvalue weighted by molar-refractivity contribution is 5.22. The van der Waals surface area contributed by atoms with Crippen molar-refractivity contribution < 1.29 is 0 Å². The van der Waals surface area contributed by atoms with E-state index in [0.717, 1.165) is 32.0 Å². The van der Waals surface area contributed by atoms with Crippen LogP contribution in [-0.4, -0.2) is 31.6 Å². The maximum absolute atomic E-state index is 3.19. The molecule has 100 valence electrons. The largest absolute Gasteiger partial charge is 0.319 e. The van der Waals surface area contributed by atoms with Crippen molar-refractivity contribution in [3.8, 4) is 0 Å². The highest BCUT2D eigenvalue weighted by atomic mass is 15.1. The van der Waals surface area contributed by atoms with Gasteiger partial charge in [0.05, 0.1) is 0 Å². The molecule has 1 saturated carbocycles. The van der Waals surface area contributed by atoms with Crippen molar-refractivity contribution in [2.75, 3.05) is 26.7 Å². The van der Waals surface area contributed by atoms with Crippen LogP contribution in [0.4, 0.5) is 0 Å². The van der Waals surface area contributed by atoms with Crippen LogP contribution in [0.15, 0.2) is 24.3 Å². The Morgan fingerprint density at radius 2 is 1.83 bits per heavy atom. The molecule has 1 aromatic rings. The topological polar surface area (TPSA) is 15.3 Å². The summed E-state index contributed by atoms with van der Waals surface area (Å²) in [4.78, 5) is 2.57. The standard InChI is InChI=1S/C16H26N2/c1-3-18(13-16-8-9-16)12-15-6-4-14(5-7-15)10-11-17-2/h4-7,16-17H,3,8-13H2,1-2H3. The highest BCUT2D eigenvalue weighted by Crippen LogP contribution is 2.30. The fourth-order valence-electron chi connectivity index (χ4n) is 2.31. The molecular formula is C16H26N2. The molecule has 1 N–H and O–H groups in total. The van der Waals surface area contributed by atoms with E-state index in [1.54, 1.807) is 0 Å². The van der Waals surface area contributed by atoms with Gasteiger partial charge in [0.1, 0.15) is 0 Å². The van der Waals surface area contributed by atoms with Gasteiger partial charge in [-0.15, -0.1) is 0 Å². The molecule has 0 heterocycles. The van der Waals surface area contributed by atoms with Crippen LogP contribution in [0, 0.1) is 5.92 Å². The molecule has 0 aliphatic heterocycles. The Morgan fingerprint density at radius 3 is 2.39 bits per heavy atom. The van der Waals surface area contributed by atoms with Crippen molar-refractivity contribution in [3.63, 3.8) is 0 Å². The lowest BCUT2D eigenvalue weighted by molar-refractivity contribution is 0.268. The summed E-state index contributed by atoms with van der Waals surface area (Å²) in [5.74, 6) is 0.986. The SMILES string of the molecule is CCN(Cc1ccc(CCNC)cc1)CC1CC1. The van der Waals surface area contributed by atoms with E-state index in [1.165, 1.54) is 30.5 Å². The van der Waals surface area contributed by atoms with Gasteiger partial charge >= 0.3 is 0 Å². The first kappa shape index (κ1) is 13.6. The number of nitrogens with one attached hydrogen (secondary N) is 1. The summed E-state index contributed by atoms with van der Waals surface area (Å²) in [5.41, 5.74) is 2.88. The average molecular weight is 246 g/mol. The molecule has 1 aromatic carbocycles. The Balaban J connectivity index is 1.83. The van der Waals surface area contributed by atoms with E-state index in [4.69, 9.17) is 0 Å². The van der Waals surface area contributed by atoms with E-state index in [2.05, 4.69) is 41.4 Å². The van der Waals surface area contributed by atoms with Gasteiger partial charge in [-0.25, -0.2) is 0 Å². The van der Waals surface area contributed by atoms with Crippen LogP contribution in [0.5, 0.6) is 0 Å². The number of hydrogen-bond donors (Lipinski definition) is 1. The third-order valence-electron chi connectivity index (χ3n) is 3.75. The Bertz CT molecular complexity index is 341. The van der Waals surface area contributed by atoms with Crippen LogP contribution in [0.25, 0.3) is 0 Å². The van der Waals surface area contributed by atoms with Gasteiger partial charge < -0.3 is 5.32 Å². The number of benzene rings is 1. The van der Waals surface area contributed by atoms with Crippen LogP contribution >= 0.6 is 0 Å². The fourth-order valence-corrected chi connectivity index (χ4v) is 2.31. The molecule has 18 heavy (non-hydrogen) atoms. The molecule has 1 aliphatic rings. The molecule has 0 aromatic heterocycles. The third kappa shape index (κ3) is 4.43. The van der Waals surface area contributed by atoms with E-state index in [9.17, 15) is 0 Å². The van der Waals surface area contributed by atoms with Gasteiger partial charge in [0.15, 0.2) is 0 Å². The Morgan fingerprint density at radius 1 is 1.17 bits per heavy atom. The summed E-state index contributed by atoms with van der Waals surface area (Å²) in [5, 5.41) is 3.19. The smallest absolute Gasteiger partial charge is 0.0233 e. The first-order valence-electron chi connectivity index (χ1n) is 7.26. The van der Waals surface area contributed by atoms with Crippen molar-refractivity contribution in [1.29, 1.82) is 0 Å². The number of hydrogen-bond acceptors (Lipinski definition) is 2. The zero-order valence-electron chi connectivity index (χ0n) is 11.8. The second-order valence-corrected chi connectivity index (χ2v) is 5.44. The monoisotopic (exact) mass is 246 g/mol. The molecule has 1 aliphatic carbocycles. The predicted molar refractivity (Wildman–Crippen MR) is 77.7 cm³/mol. The molecule has 0 spiro atoms. The molecule has 0 bridgehead atoms. The second-order valence-electron chi connectivity index (χ2n) is 5.44. The number of rotatable bonds is 8. The maximum atomic E-state index is 3.19. The lowest BCUT2D eigenvalue weighted by Crippen LogP contribution is -2.25. The summed E-state index contributed by atoms with van der Waals surface area (Å²) < 4.78 is 0. The minimum atomic E-state index is 0.986. The van der Waals surface area contributed by atoms with Gasteiger partial charge in [-0.1, -0.05) is 31.2 Å². The van der Waals surface area contributed by atoms with Gasteiger partial charge in [-0.05, 0) is 56.4 Å². The van der Waals surface area contributed by atoms with Crippen LogP contribution < -0.4 is 5.32 Å². The minimum Gasteiger partial charge on any atom is -0.319 e. The van der Waals surface area contributed by atoms with Crippen molar-refractivity contribution in [2.24, 2.45) is 5.92 Å². The van der Waals surface area contributed by atoms with Crippen LogP contribution in [-0.2, 0) is 13.0 Å². The first-order valence-corrected chi connectivity index (χ1v) is 7.26. The summed E-state index contributed by atoms with van der Waals surface area (Å²) in [6, 6.07) is 9.14. The highest BCUT2D eigenvalue weighted by Gasteiger charge is 2.23. The molecular weight excluding hydrogens is 220 g/mol. The quantitative estimate of drug-likeness (QED) is 0.758. The normalized spacial score (nSPS) is 15.3. The Labute approximate surface area is 111 Å². The number of likely N-dealkylation sites (N-methyl/N-ethyl adjacent to an activating group) is 1. The third-order valence-corrected chi connectivity index (χ3v) is 3.75. The summed E-state index contributed by atoms with van der Waals surface area (Å²) in [7, 11) is 2.01. The first-order chi connectivity index (χ1) is 8.81. The maximum Gasteiger partial charge on any atom is 0.0233 e. The Kier molecular flexibility index (Phi) is 5.21. The van der Waals surface area contributed by atoms with E-state index < -0.39 is 0 Å². The van der Waals surface area contributed by atoms with Crippen LogP contribution in [0.3, 0.4) is 0 Å². The average Bonchev–Trinajstić information content (AvgIpc) is 3.21. The van der Waals surface area contributed by atoms with Gasteiger partial charge in [0.25, 0.3) is 0 Å². The van der Waals surface area contributed by atoms with E-state index in [1.807, 2.05) is 7.05 Å². The van der Waals surface area contributed by atoms with E-state index >= 15 is 0 Å². The molecule has 0 amide bonds. The molecule has 0 unspecified atom stereocenters. The lowest BCUT2D eigenvalue weighted by atomic mass is 10.1. The number of nitrogens with zero attached hydrogens (tertiary/aromatic N) is 1. The lowest BCUT2D eigenvalue weighted by Gasteiger charge is -2.20. The van der Waals surface area contributed by atoms with Crippen molar-refractivity contribution >= 4 is 0 Å². The minimum absolute atomic E-state index is 0.986. The van der Waals surface area contributed by atoms with Gasteiger partial charge in [0, 0.05) is 13.1 Å². The van der Waals surface area contributed by atoms with Gasteiger partial charge in [-0.2, -0.15) is 0 Å². The molecule has 2 heteroatoms. The fraction of sp³-hybridized carbons (Fsp3) is 0.625. The zero-order valence-corrected chi connectivity index (χ0v) is 11.8. The molecule has 1 fully saturated rings. The molecule has 0 atom stereocenters. The summed E-state index contributed by atoms with van der Waals surface area (Å²) in [6.45, 7) is 6.89. The molecule has 0 saturated heterocycles. The van der Waals surface area contributed by atoms with Gasteiger partial charge in [0.2, 0.25) is 0 Å². The van der Waals surface area contributed by atoms with Gasteiger partial charge in [-0.3, -0.25) is 4.90 Å².